The Hall–Kier alpha value is -2.00. The quantitative estimate of drug-likeness (QED) is 0.885. The summed E-state index contributed by atoms with van der Waals surface area (Å²) in [5.41, 5.74) is 4.03. The van der Waals surface area contributed by atoms with Crippen LogP contribution in [0.25, 0.3) is 0 Å². The Morgan fingerprint density at radius 3 is 2.59 bits per heavy atom. The van der Waals surface area contributed by atoms with E-state index in [1.807, 2.05) is 63.2 Å². The molecular formula is C18H21ClN2O. The van der Waals surface area contributed by atoms with Gasteiger partial charge in [-0.2, -0.15) is 0 Å². The number of rotatable bonds is 5. The van der Waals surface area contributed by atoms with Crippen molar-refractivity contribution < 1.29 is 4.79 Å². The van der Waals surface area contributed by atoms with Crippen LogP contribution in [-0.2, 0) is 4.79 Å². The molecule has 1 N–H and O–H groups in total. The minimum atomic E-state index is 0.0439. The lowest BCUT2D eigenvalue weighted by molar-refractivity contribution is -0.116. The van der Waals surface area contributed by atoms with E-state index < -0.39 is 0 Å². The van der Waals surface area contributed by atoms with Crippen LogP contribution in [0.1, 0.15) is 18.1 Å². The van der Waals surface area contributed by atoms with Crippen molar-refractivity contribution >= 4 is 28.9 Å². The topological polar surface area (TPSA) is 32.3 Å². The highest BCUT2D eigenvalue weighted by molar-refractivity contribution is 6.30. The maximum atomic E-state index is 12.5. The highest BCUT2D eigenvalue weighted by Gasteiger charge is 2.14. The van der Waals surface area contributed by atoms with Gasteiger partial charge in [-0.25, -0.2) is 0 Å². The molecule has 2 aromatic rings. The van der Waals surface area contributed by atoms with Crippen molar-refractivity contribution in [2.75, 3.05) is 23.3 Å². The van der Waals surface area contributed by atoms with Crippen LogP contribution in [0.2, 0.25) is 5.02 Å². The predicted molar refractivity (Wildman–Crippen MR) is 93.9 cm³/mol. The zero-order chi connectivity index (χ0) is 16.1. The number of halogens is 1. The van der Waals surface area contributed by atoms with E-state index >= 15 is 0 Å². The standard InChI is InChI=1S/C18H21ClN2O/c1-4-21(16-7-5-6-13(2)10-16)18(22)12-20-17-9-8-15(19)11-14(17)3/h5-11,20H,4,12H2,1-3H3. The summed E-state index contributed by atoms with van der Waals surface area (Å²) in [5, 5.41) is 3.89. The molecule has 0 atom stereocenters. The second kappa shape index (κ2) is 7.32. The largest absolute Gasteiger partial charge is 0.376 e. The first kappa shape index (κ1) is 16.4. The van der Waals surface area contributed by atoms with E-state index in [1.165, 1.54) is 0 Å². The number of carbonyl (C=O) groups is 1. The van der Waals surface area contributed by atoms with Gasteiger partial charge in [0.1, 0.15) is 0 Å². The van der Waals surface area contributed by atoms with E-state index in [0.717, 1.165) is 22.5 Å². The number of benzene rings is 2. The van der Waals surface area contributed by atoms with Gasteiger partial charge in [0.15, 0.2) is 0 Å². The minimum absolute atomic E-state index is 0.0439. The number of hydrogen-bond acceptors (Lipinski definition) is 2. The maximum absolute atomic E-state index is 12.5. The summed E-state index contributed by atoms with van der Waals surface area (Å²) in [6.45, 7) is 6.87. The van der Waals surface area contributed by atoms with E-state index in [0.29, 0.717) is 11.6 Å². The van der Waals surface area contributed by atoms with Crippen LogP contribution in [0.15, 0.2) is 42.5 Å². The van der Waals surface area contributed by atoms with Crippen LogP contribution in [-0.4, -0.2) is 19.0 Å². The number of anilines is 2. The molecule has 0 aromatic heterocycles. The van der Waals surface area contributed by atoms with Gasteiger partial charge in [0.2, 0.25) is 5.91 Å². The van der Waals surface area contributed by atoms with Crippen LogP contribution in [0.3, 0.4) is 0 Å². The molecule has 0 saturated heterocycles. The fourth-order valence-corrected chi connectivity index (χ4v) is 2.62. The van der Waals surface area contributed by atoms with Gasteiger partial charge in [-0.15, -0.1) is 0 Å². The van der Waals surface area contributed by atoms with E-state index in [1.54, 1.807) is 4.90 Å². The Kier molecular flexibility index (Phi) is 5.45. The van der Waals surface area contributed by atoms with E-state index in [-0.39, 0.29) is 12.5 Å². The van der Waals surface area contributed by atoms with Crippen molar-refractivity contribution in [3.05, 3.63) is 58.6 Å². The number of amides is 1. The molecule has 4 heteroatoms. The molecule has 22 heavy (non-hydrogen) atoms. The highest BCUT2D eigenvalue weighted by Crippen LogP contribution is 2.20. The number of likely N-dealkylation sites (N-methyl/N-ethyl adjacent to an activating group) is 1. The lowest BCUT2D eigenvalue weighted by atomic mass is 10.2. The van der Waals surface area contributed by atoms with Crippen LogP contribution < -0.4 is 10.2 Å². The second-order valence-corrected chi connectivity index (χ2v) is 5.73. The number of nitrogens with zero attached hydrogens (tertiary/aromatic N) is 1. The van der Waals surface area contributed by atoms with Gasteiger partial charge in [-0.3, -0.25) is 4.79 Å². The van der Waals surface area contributed by atoms with Gasteiger partial charge in [0, 0.05) is 22.9 Å². The Balaban J connectivity index is 2.06. The van der Waals surface area contributed by atoms with Crippen molar-refractivity contribution in [1.82, 2.24) is 0 Å². The van der Waals surface area contributed by atoms with Crippen molar-refractivity contribution in [2.45, 2.75) is 20.8 Å². The van der Waals surface area contributed by atoms with Gasteiger partial charge in [-0.1, -0.05) is 23.7 Å². The van der Waals surface area contributed by atoms with Gasteiger partial charge < -0.3 is 10.2 Å². The molecule has 0 aliphatic heterocycles. The Morgan fingerprint density at radius 2 is 1.95 bits per heavy atom. The van der Waals surface area contributed by atoms with Crippen LogP contribution in [0, 0.1) is 13.8 Å². The maximum Gasteiger partial charge on any atom is 0.246 e. The molecule has 0 aliphatic rings. The van der Waals surface area contributed by atoms with Crippen molar-refractivity contribution in [2.24, 2.45) is 0 Å². The van der Waals surface area contributed by atoms with Crippen LogP contribution >= 0.6 is 11.6 Å². The van der Waals surface area contributed by atoms with E-state index in [4.69, 9.17) is 11.6 Å². The van der Waals surface area contributed by atoms with E-state index in [9.17, 15) is 4.79 Å². The molecule has 0 spiro atoms. The van der Waals surface area contributed by atoms with Gasteiger partial charge in [0.25, 0.3) is 0 Å². The average Bonchev–Trinajstić information content (AvgIpc) is 2.47. The van der Waals surface area contributed by atoms with E-state index in [2.05, 4.69) is 5.32 Å². The Bertz CT molecular complexity index is 670. The SMILES string of the molecule is CCN(C(=O)CNc1ccc(Cl)cc1C)c1cccc(C)c1. The molecule has 3 nitrogen and oxygen atoms in total. The summed E-state index contributed by atoms with van der Waals surface area (Å²) in [6.07, 6.45) is 0. The first-order valence-corrected chi connectivity index (χ1v) is 7.76. The molecule has 0 unspecified atom stereocenters. The predicted octanol–water partition coefficient (Wildman–Crippen LogP) is 4.42. The molecule has 116 valence electrons. The molecule has 0 saturated carbocycles. The molecule has 0 heterocycles. The highest BCUT2D eigenvalue weighted by atomic mass is 35.5. The zero-order valence-corrected chi connectivity index (χ0v) is 13.9. The lowest BCUT2D eigenvalue weighted by Crippen LogP contribution is -2.35. The first-order chi connectivity index (χ1) is 10.5. The number of nitrogens with one attached hydrogen (secondary N) is 1. The average molecular weight is 317 g/mol. The second-order valence-electron chi connectivity index (χ2n) is 5.29. The smallest absolute Gasteiger partial charge is 0.246 e. The van der Waals surface area contributed by atoms with Gasteiger partial charge in [-0.05, 0) is 62.2 Å². The summed E-state index contributed by atoms with van der Waals surface area (Å²) >= 11 is 5.94. The third-order valence-corrected chi connectivity index (χ3v) is 3.78. The fourth-order valence-electron chi connectivity index (χ4n) is 2.39. The van der Waals surface area contributed by atoms with Crippen LogP contribution in [0.4, 0.5) is 11.4 Å². The third kappa shape index (κ3) is 4.01. The molecule has 0 radical (unpaired) electrons. The number of hydrogen-bond donors (Lipinski definition) is 1. The van der Waals surface area contributed by atoms with Crippen LogP contribution in [0.5, 0.6) is 0 Å². The number of aryl methyl sites for hydroxylation is 2. The summed E-state index contributed by atoms with van der Waals surface area (Å²) in [4.78, 5) is 14.3. The molecule has 2 aromatic carbocycles. The van der Waals surface area contributed by atoms with Crippen molar-refractivity contribution in [1.29, 1.82) is 0 Å². The third-order valence-electron chi connectivity index (χ3n) is 3.55. The van der Waals surface area contributed by atoms with Gasteiger partial charge in [0.05, 0.1) is 6.54 Å². The Labute approximate surface area is 136 Å². The fraction of sp³-hybridized carbons (Fsp3) is 0.278. The monoisotopic (exact) mass is 316 g/mol. The summed E-state index contributed by atoms with van der Waals surface area (Å²) in [5.74, 6) is 0.0439. The van der Waals surface area contributed by atoms with Crippen molar-refractivity contribution in [3.8, 4) is 0 Å². The molecular weight excluding hydrogens is 296 g/mol. The first-order valence-electron chi connectivity index (χ1n) is 7.38. The van der Waals surface area contributed by atoms with Gasteiger partial charge >= 0.3 is 0 Å². The minimum Gasteiger partial charge on any atom is -0.376 e. The summed E-state index contributed by atoms with van der Waals surface area (Å²) in [7, 11) is 0. The molecule has 0 fully saturated rings. The molecule has 2 rings (SSSR count). The normalized spacial score (nSPS) is 10.4. The zero-order valence-electron chi connectivity index (χ0n) is 13.2. The summed E-state index contributed by atoms with van der Waals surface area (Å²) in [6, 6.07) is 13.6. The number of carbonyl (C=O) groups excluding carboxylic acids is 1. The molecule has 0 bridgehead atoms. The van der Waals surface area contributed by atoms with Crippen molar-refractivity contribution in [3.63, 3.8) is 0 Å². The summed E-state index contributed by atoms with van der Waals surface area (Å²) < 4.78 is 0. The molecule has 0 aliphatic carbocycles. The lowest BCUT2D eigenvalue weighted by Gasteiger charge is -2.22. The molecule has 1 amide bonds. The Morgan fingerprint density at radius 1 is 1.18 bits per heavy atom.